The van der Waals surface area contributed by atoms with Crippen molar-refractivity contribution in [3.05, 3.63) is 24.3 Å². The molecular weight excluding hydrogens is 414 g/mol. The van der Waals surface area contributed by atoms with Crippen molar-refractivity contribution in [1.29, 1.82) is 0 Å². The molecule has 13 nitrogen and oxygen atoms in total. The smallest absolute Gasteiger partial charge is 0.320 e. The maximum atomic E-state index is 9.82. The number of aliphatic carboxylic acids is 4. The number of hydrogen-bond acceptors (Lipinski definition) is 9. The maximum Gasteiger partial charge on any atom is 0.320 e. The average Bonchev–Trinajstić information content (AvgIpc) is 2.69. The molecule has 31 heavy (non-hydrogen) atoms. The molecule has 0 bridgehead atoms. The van der Waals surface area contributed by atoms with Crippen LogP contribution < -0.4 is 37.6 Å². The van der Waals surface area contributed by atoms with E-state index in [1.807, 2.05) is 6.07 Å². The lowest BCUT2D eigenvalue weighted by atomic mass is 10.2. The Morgan fingerprint density at radius 3 is 1.71 bits per heavy atom. The molecule has 1 aromatic carbocycles. The van der Waals surface area contributed by atoms with Crippen LogP contribution in [-0.2, 0) is 19.2 Å². The summed E-state index contributed by atoms with van der Waals surface area (Å²) in [5, 5.41) is 37.7. The molecule has 2 rings (SSSR count). The molecule has 1 aliphatic heterocycles. The summed E-state index contributed by atoms with van der Waals surface area (Å²) in [4.78, 5) is 41.4. The third-order valence-electron chi connectivity index (χ3n) is 3.95. The fourth-order valence-corrected chi connectivity index (χ4v) is 2.34. The van der Waals surface area contributed by atoms with E-state index in [1.165, 1.54) is 18.8 Å². The SMILES string of the molecule is NC(CC(=O)[O-])C(=O)O.NC(CC(=O)[O-])C(=O)O.[NH3+]c1ccccc1N1CC[NH2+]CC1. The lowest BCUT2D eigenvalue weighted by Gasteiger charge is -2.27. The molecule has 1 heterocycles. The Hall–Kier alpha value is -3.26. The highest BCUT2D eigenvalue weighted by atomic mass is 16.4. The van der Waals surface area contributed by atoms with E-state index in [0.717, 1.165) is 18.8 Å². The van der Waals surface area contributed by atoms with Crippen LogP contribution in [0.15, 0.2) is 24.3 Å². The van der Waals surface area contributed by atoms with Gasteiger partial charge in [0.05, 0.1) is 31.9 Å². The highest BCUT2D eigenvalue weighted by molar-refractivity contribution is 5.79. The first kappa shape index (κ1) is 27.7. The summed E-state index contributed by atoms with van der Waals surface area (Å²) >= 11 is 0. The first-order valence-electron chi connectivity index (χ1n) is 9.29. The van der Waals surface area contributed by atoms with E-state index in [0.29, 0.717) is 0 Å². The van der Waals surface area contributed by atoms with Crippen molar-refractivity contribution in [2.75, 3.05) is 31.1 Å². The minimum atomic E-state index is -1.45. The Morgan fingerprint density at radius 1 is 0.968 bits per heavy atom. The average molecular weight is 443 g/mol. The fourth-order valence-electron chi connectivity index (χ4n) is 2.34. The second-order valence-corrected chi connectivity index (χ2v) is 6.52. The van der Waals surface area contributed by atoms with Crippen molar-refractivity contribution >= 4 is 35.3 Å². The number of carboxylic acid groups (broad SMARTS) is 4. The number of anilines is 1. The predicted molar refractivity (Wildman–Crippen MR) is 103 cm³/mol. The number of carboxylic acids is 4. The standard InChI is InChI=1S/C10H15N3.2C4H7NO4/c11-9-3-1-2-4-10(9)13-7-5-12-6-8-13;2*5-2(4(8)9)1-3(6)7/h1-4,12H,5-8,11H2;2*2H,1,5H2,(H,6,7)(H,8,9). The maximum absolute atomic E-state index is 9.82. The molecule has 1 saturated heterocycles. The molecule has 0 aliphatic carbocycles. The molecule has 0 radical (unpaired) electrons. The Kier molecular flexibility index (Phi) is 13.1. The number of nitrogens with two attached hydrogens (primary N) is 3. The van der Waals surface area contributed by atoms with Crippen molar-refractivity contribution in [3.63, 3.8) is 0 Å². The summed E-state index contributed by atoms with van der Waals surface area (Å²) < 4.78 is 0. The van der Waals surface area contributed by atoms with Crippen molar-refractivity contribution < 1.29 is 50.7 Å². The zero-order chi connectivity index (χ0) is 24.0. The highest BCUT2D eigenvalue weighted by Gasteiger charge is 2.15. The van der Waals surface area contributed by atoms with Crippen molar-refractivity contribution in [2.45, 2.75) is 24.9 Å². The molecule has 1 fully saturated rings. The van der Waals surface area contributed by atoms with Crippen LogP contribution in [0.5, 0.6) is 0 Å². The third kappa shape index (κ3) is 12.8. The molecule has 174 valence electrons. The Morgan fingerprint density at radius 2 is 1.39 bits per heavy atom. The number of nitrogens with zero attached hydrogens (tertiary/aromatic N) is 1. The number of benzene rings is 1. The second kappa shape index (κ2) is 14.7. The zero-order valence-electron chi connectivity index (χ0n) is 16.9. The summed E-state index contributed by atoms with van der Waals surface area (Å²) in [5.41, 5.74) is 16.1. The van der Waals surface area contributed by atoms with Gasteiger partial charge >= 0.3 is 11.9 Å². The number of para-hydroxylation sites is 1. The lowest BCUT2D eigenvalue weighted by molar-refractivity contribution is -0.655. The molecule has 0 spiro atoms. The molecule has 11 N–H and O–H groups in total. The molecule has 2 unspecified atom stereocenters. The fraction of sp³-hybridized carbons (Fsp3) is 0.444. The summed E-state index contributed by atoms with van der Waals surface area (Å²) in [5.74, 6) is -5.58. The van der Waals surface area contributed by atoms with Gasteiger partial charge in [-0.3, -0.25) is 9.59 Å². The third-order valence-corrected chi connectivity index (χ3v) is 3.95. The van der Waals surface area contributed by atoms with Gasteiger partial charge < -0.3 is 57.4 Å². The van der Waals surface area contributed by atoms with E-state index >= 15 is 0 Å². The van der Waals surface area contributed by atoms with Gasteiger partial charge in [0.1, 0.15) is 12.1 Å². The molecule has 2 atom stereocenters. The van der Waals surface area contributed by atoms with Gasteiger partial charge in [0.15, 0.2) is 5.69 Å². The van der Waals surface area contributed by atoms with Crippen LogP contribution in [-0.4, -0.2) is 72.4 Å². The predicted octanol–water partition coefficient (Wildman–Crippen LogP) is -5.98. The van der Waals surface area contributed by atoms with E-state index in [9.17, 15) is 29.4 Å². The van der Waals surface area contributed by atoms with Crippen LogP contribution in [0.3, 0.4) is 0 Å². The quantitative estimate of drug-likeness (QED) is 0.231. The van der Waals surface area contributed by atoms with E-state index in [4.69, 9.17) is 21.7 Å². The van der Waals surface area contributed by atoms with Crippen LogP contribution >= 0.6 is 0 Å². The minimum Gasteiger partial charge on any atom is -0.550 e. The summed E-state index contributed by atoms with van der Waals surface area (Å²) in [6.45, 7) is 4.70. The summed E-state index contributed by atoms with van der Waals surface area (Å²) in [7, 11) is 0. The van der Waals surface area contributed by atoms with Crippen LogP contribution in [0.1, 0.15) is 12.8 Å². The molecular formula is C18H29N5O8. The molecule has 1 aliphatic rings. The summed E-state index contributed by atoms with van der Waals surface area (Å²) in [6.07, 6.45) is -1.29. The van der Waals surface area contributed by atoms with Gasteiger partial charge in [-0.2, -0.15) is 0 Å². The molecule has 0 aromatic heterocycles. The van der Waals surface area contributed by atoms with Gasteiger partial charge in [-0.05, 0) is 6.07 Å². The topological polar surface area (TPSA) is 254 Å². The first-order chi connectivity index (χ1) is 14.5. The lowest BCUT2D eigenvalue weighted by Crippen LogP contribution is -2.89. The Bertz CT molecular complexity index is 707. The number of rotatable bonds is 7. The Balaban J connectivity index is 0.000000452. The van der Waals surface area contributed by atoms with E-state index in [1.54, 1.807) is 0 Å². The van der Waals surface area contributed by atoms with Crippen LogP contribution in [0, 0.1) is 0 Å². The number of hydrogen-bond donors (Lipinski definition) is 6. The van der Waals surface area contributed by atoms with Gasteiger partial charge in [-0.15, -0.1) is 0 Å². The van der Waals surface area contributed by atoms with Crippen LogP contribution in [0.25, 0.3) is 0 Å². The minimum absolute atomic E-state index is 0.644. The number of piperazine rings is 1. The first-order valence-corrected chi connectivity index (χ1v) is 9.29. The van der Waals surface area contributed by atoms with Crippen molar-refractivity contribution in [3.8, 4) is 0 Å². The zero-order valence-corrected chi connectivity index (χ0v) is 16.9. The van der Waals surface area contributed by atoms with Gasteiger partial charge in [0, 0.05) is 30.8 Å². The summed E-state index contributed by atoms with van der Waals surface area (Å²) in [6, 6.07) is 5.66. The Labute approximate surface area is 178 Å². The van der Waals surface area contributed by atoms with Gasteiger partial charge in [-0.25, -0.2) is 0 Å². The highest BCUT2D eigenvalue weighted by Crippen LogP contribution is 2.20. The van der Waals surface area contributed by atoms with Gasteiger partial charge in [0.2, 0.25) is 0 Å². The van der Waals surface area contributed by atoms with Gasteiger partial charge in [-0.1, -0.05) is 12.1 Å². The largest absolute Gasteiger partial charge is 0.550 e. The van der Waals surface area contributed by atoms with Crippen LogP contribution in [0.2, 0.25) is 0 Å². The monoisotopic (exact) mass is 443 g/mol. The normalized spacial score (nSPS) is 14.6. The molecule has 13 heteroatoms. The number of quaternary nitrogens is 2. The number of carbonyl (C=O) groups is 4. The number of carbonyl (C=O) groups excluding carboxylic acids is 2. The van der Waals surface area contributed by atoms with E-state index in [-0.39, 0.29) is 0 Å². The molecule has 0 amide bonds. The molecule has 1 aromatic rings. The van der Waals surface area contributed by atoms with Gasteiger partial charge in [0.25, 0.3) is 0 Å². The second-order valence-electron chi connectivity index (χ2n) is 6.52. The van der Waals surface area contributed by atoms with E-state index < -0.39 is 48.8 Å². The van der Waals surface area contributed by atoms with Crippen molar-refractivity contribution in [1.82, 2.24) is 0 Å². The van der Waals surface area contributed by atoms with Crippen molar-refractivity contribution in [2.24, 2.45) is 11.5 Å². The van der Waals surface area contributed by atoms with E-state index in [2.05, 4.69) is 34.1 Å². The van der Waals surface area contributed by atoms with Crippen LogP contribution in [0.4, 0.5) is 11.4 Å². The molecule has 0 saturated carbocycles.